The minimum absolute atomic E-state index is 0. The van der Waals surface area contributed by atoms with Crippen LogP contribution in [0.25, 0.3) is 0 Å². The van der Waals surface area contributed by atoms with Crippen LogP contribution >= 0.6 is 24.8 Å². The number of hydrogen-bond acceptors (Lipinski definition) is 3. The largest absolute Gasteiger partial charge is 0.372 e. The van der Waals surface area contributed by atoms with Crippen LogP contribution in [0.5, 0.6) is 0 Å². The first-order valence-electron chi connectivity index (χ1n) is 4.13. The molecule has 0 aliphatic carbocycles. The molecule has 1 saturated heterocycles. The molecule has 2 heterocycles. The van der Waals surface area contributed by atoms with E-state index in [1.807, 2.05) is 19.4 Å². The van der Waals surface area contributed by atoms with Gasteiger partial charge in [-0.1, -0.05) is 0 Å². The topological polar surface area (TPSA) is 53.1 Å². The van der Waals surface area contributed by atoms with E-state index in [-0.39, 0.29) is 37.0 Å². The first-order valence-corrected chi connectivity index (χ1v) is 4.13. The summed E-state index contributed by atoms with van der Waals surface area (Å²) in [5.41, 5.74) is 6.94. The highest BCUT2D eigenvalue weighted by Crippen LogP contribution is 2.26. The molecule has 2 N–H and O–H groups in total. The van der Waals surface area contributed by atoms with Crippen molar-refractivity contribution in [2.24, 2.45) is 12.8 Å². The van der Waals surface area contributed by atoms with Gasteiger partial charge >= 0.3 is 0 Å². The zero-order valence-corrected chi connectivity index (χ0v) is 9.55. The molecule has 0 bridgehead atoms. The summed E-state index contributed by atoms with van der Waals surface area (Å²) in [5.74, 6) is 0. The molecule has 2 atom stereocenters. The first kappa shape index (κ1) is 13.7. The van der Waals surface area contributed by atoms with Gasteiger partial charge in [0.05, 0.1) is 6.20 Å². The Morgan fingerprint density at radius 3 is 2.71 bits per heavy atom. The molecule has 0 amide bonds. The van der Waals surface area contributed by atoms with Crippen LogP contribution in [-0.4, -0.2) is 22.4 Å². The second-order valence-electron chi connectivity index (χ2n) is 3.19. The molecular weight excluding hydrogens is 225 g/mol. The lowest BCUT2D eigenvalue weighted by Gasteiger charge is -2.11. The zero-order chi connectivity index (χ0) is 8.55. The maximum Gasteiger partial charge on any atom is 0.101 e. The second-order valence-corrected chi connectivity index (χ2v) is 3.19. The normalized spacial score (nSPS) is 25.3. The average Bonchev–Trinajstić information content (AvgIpc) is 2.58. The number of halogens is 2. The molecule has 14 heavy (non-hydrogen) atoms. The Bertz CT molecular complexity index is 279. The van der Waals surface area contributed by atoms with Crippen molar-refractivity contribution in [3.8, 4) is 0 Å². The molecule has 82 valence electrons. The van der Waals surface area contributed by atoms with Crippen LogP contribution in [0, 0.1) is 0 Å². The van der Waals surface area contributed by atoms with Crippen molar-refractivity contribution < 1.29 is 4.74 Å². The number of hydrogen-bond donors (Lipinski definition) is 1. The van der Waals surface area contributed by atoms with E-state index >= 15 is 0 Å². The molecule has 0 saturated carbocycles. The van der Waals surface area contributed by atoms with Crippen LogP contribution in [0.1, 0.15) is 18.1 Å². The van der Waals surface area contributed by atoms with Crippen molar-refractivity contribution in [1.29, 1.82) is 0 Å². The van der Waals surface area contributed by atoms with Crippen LogP contribution in [0.4, 0.5) is 0 Å². The van der Waals surface area contributed by atoms with E-state index < -0.39 is 0 Å². The molecule has 6 heteroatoms. The van der Waals surface area contributed by atoms with Gasteiger partial charge in [-0.2, -0.15) is 5.10 Å². The third kappa shape index (κ3) is 2.60. The van der Waals surface area contributed by atoms with Crippen molar-refractivity contribution in [2.75, 3.05) is 6.61 Å². The van der Waals surface area contributed by atoms with Crippen LogP contribution in [-0.2, 0) is 11.8 Å². The van der Waals surface area contributed by atoms with Gasteiger partial charge in [-0.15, -0.1) is 24.8 Å². The van der Waals surface area contributed by atoms with E-state index in [1.54, 1.807) is 4.68 Å². The third-order valence-electron chi connectivity index (χ3n) is 2.19. The van der Waals surface area contributed by atoms with Gasteiger partial charge in [0.25, 0.3) is 0 Å². The first-order chi connectivity index (χ1) is 5.77. The van der Waals surface area contributed by atoms with Crippen molar-refractivity contribution in [1.82, 2.24) is 9.78 Å². The Labute approximate surface area is 95.6 Å². The molecule has 2 unspecified atom stereocenters. The van der Waals surface area contributed by atoms with Crippen LogP contribution in [0.3, 0.4) is 0 Å². The van der Waals surface area contributed by atoms with E-state index in [1.165, 1.54) is 0 Å². The van der Waals surface area contributed by atoms with Gasteiger partial charge < -0.3 is 10.5 Å². The molecule has 0 spiro atoms. The maximum absolute atomic E-state index is 5.86. The maximum atomic E-state index is 5.86. The number of aromatic nitrogens is 2. The van der Waals surface area contributed by atoms with Crippen molar-refractivity contribution >= 4 is 24.8 Å². The van der Waals surface area contributed by atoms with Crippen molar-refractivity contribution in [3.05, 3.63) is 18.0 Å². The highest BCUT2D eigenvalue weighted by atomic mass is 35.5. The quantitative estimate of drug-likeness (QED) is 0.798. The lowest BCUT2D eigenvalue weighted by atomic mass is 10.1. The van der Waals surface area contributed by atoms with Crippen molar-refractivity contribution in [2.45, 2.75) is 18.6 Å². The number of aryl methyl sites for hydroxylation is 1. The molecule has 0 aromatic carbocycles. The Kier molecular flexibility index (Phi) is 5.44. The Balaban J connectivity index is 0.000000845. The zero-order valence-electron chi connectivity index (χ0n) is 7.92. The summed E-state index contributed by atoms with van der Waals surface area (Å²) in [6.45, 7) is 0.765. The second kappa shape index (κ2) is 5.56. The summed E-state index contributed by atoms with van der Waals surface area (Å²) >= 11 is 0. The van der Waals surface area contributed by atoms with E-state index in [0.29, 0.717) is 0 Å². The fourth-order valence-corrected chi connectivity index (χ4v) is 1.54. The summed E-state index contributed by atoms with van der Waals surface area (Å²) in [6.07, 6.45) is 4.77. The third-order valence-corrected chi connectivity index (χ3v) is 2.19. The standard InChI is InChI=1S/C8H13N3O.2ClH/c1-11-5-6(4-10-11)8-7(9)2-3-12-8;;/h4-5,7-8H,2-3,9H2,1H3;2*1H. The summed E-state index contributed by atoms with van der Waals surface area (Å²) in [4.78, 5) is 0. The Hall–Kier alpha value is -0.290. The van der Waals surface area contributed by atoms with Crippen LogP contribution < -0.4 is 5.73 Å². The monoisotopic (exact) mass is 239 g/mol. The van der Waals surface area contributed by atoms with E-state index in [2.05, 4.69) is 5.10 Å². The minimum Gasteiger partial charge on any atom is -0.372 e. The minimum atomic E-state index is 0. The number of rotatable bonds is 1. The van der Waals surface area contributed by atoms with E-state index in [4.69, 9.17) is 10.5 Å². The molecule has 1 aromatic heterocycles. The lowest BCUT2D eigenvalue weighted by Crippen LogP contribution is -2.23. The summed E-state index contributed by atoms with van der Waals surface area (Å²) in [7, 11) is 1.89. The van der Waals surface area contributed by atoms with Gasteiger partial charge in [0.15, 0.2) is 0 Å². The predicted molar refractivity (Wildman–Crippen MR) is 59.0 cm³/mol. The van der Waals surface area contributed by atoms with Gasteiger partial charge in [-0.05, 0) is 6.42 Å². The molecule has 4 nitrogen and oxygen atoms in total. The van der Waals surface area contributed by atoms with Crippen molar-refractivity contribution in [3.63, 3.8) is 0 Å². The number of ether oxygens (including phenoxy) is 1. The van der Waals surface area contributed by atoms with Gasteiger partial charge in [-0.3, -0.25) is 4.68 Å². The highest BCUT2D eigenvalue weighted by Gasteiger charge is 2.27. The van der Waals surface area contributed by atoms with Gasteiger partial charge in [0.2, 0.25) is 0 Å². The smallest absolute Gasteiger partial charge is 0.101 e. The molecule has 2 rings (SSSR count). The summed E-state index contributed by atoms with van der Waals surface area (Å²) in [5, 5.41) is 4.08. The summed E-state index contributed by atoms with van der Waals surface area (Å²) < 4.78 is 7.25. The molecule has 0 radical (unpaired) electrons. The lowest BCUT2D eigenvalue weighted by molar-refractivity contribution is 0.105. The number of nitrogens with zero attached hydrogens (tertiary/aromatic N) is 2. The highest BCUT2D eigenvalue weighted by molar-refractivity contribution is 5.85. The summed E-state index contributed by atoms with van der Waals surface area (Å²) in [6, 6.07) is 0.134. The van der Waals surface area contributed by atoms with Gasteiger partial charge in [0.1, 0.15) is 6.10 Å². The van der Waals surface area contributed by atoms with Crippen LogP contribution in [0.15, 0.2) is 12.4 Å². The fraction of sp³-hybridized carbons (Fsp3) is 0.625. The Morgan fingerprint density at radius 1 is 1.57 bits per heavy atom. The van der Waals surface area contributed by atoms with E-state index in [9.17, 15) is 0 Å². The molecule has 1 aliphatic heterocycles. The SMILES string of the molecule is Cl.Cl.Cn1cc(C2OCCC2N)cn1. The van der Waals surface area contributed by atoms with Gasteiger partial charge in [0, 0.05) is 31.5 Å². The Morgan fingerprint density at radius 2 is 2.29 bits per heavy atom. The van der Waals surface area contributed by atoms with Gasteiger partial charge in [-0.25, -0.2) is 0 Å². The average molecular weight is 240 g/mol. The van der Waals surface area contributed by atoms with E-state index in [0.717, 1.165) is 18.6 Å². The fourth-order valence-electron chi connectivity index (χ4n) is 1.54. The molecule has 1 aliphatic rings. The molecular formula is C8H15Cl2N3O. The molecule has 1 fully saturated rings. The van der Waals surface area contributed by atoms with Crippen LogP contribution in [0.2, 0.25) is 0 Å². The molecule has 1 aromatic rings. The predicted octanol–water partition coefficient (Wildman–Crippen LogP) is 1.05. The number of nitrogens with two attached hydrogens (primary N) is 1.